The number of aryl methyl sites for hydroxylation is 3. The second-order valence-electron chi connectivity index (χ2n) is 12.3. The van der Waals surface area contributed by atoms with Crippen molar-refractivity contribution in [3.05, 3.63) is 69.3 Å². The average molecular weight is 709 g/mol. The first-order chi connectivity index (χ1) is 22.9. The Bertz CT molecular complexity index is 2000. The molecule has 0 saturated heterocycles. The maximum Gasteiger partial charge on any atom is 2.00 e. The zero-order chi connectivity index (χ0) is 34.9. The van der Waals surface area contributed by atoms with Crippen LogP contribution in [0.3, 0.4) is 0 Å². The van der Waals surface area contributed by atoms with Crippen molar-refractivity contribution >= 4 is 56.3 Å². The molecule has 10 nitrogen and oxygen atoms in total. The Morgan fingerprint density at radius 2 is 1.16 bits per heavy atom. The Balaban J connectivity index is 0.00000541. The van der Waals surface area contributed by atoms with Gasteiger partial charge in [-0.25, -0.2) is 9.97 Å². The molecule has 5 rings (SSSR count). The number of rotatable bonds is 10. The molecule has 0 saturated carbocycles. The number of allylic oxidation sites excluding steroid dienone is 3. The van der Waals surface area contributed by atoms with E-state index in [2.05, 4.69) is 6.92 Å². The van der Waals surface area contributed by atoms with Crippen LogP contribution >= 0.6 is 0 Å². The summed E-state index contributed by atoms with van der Waals surface area (Å²) in [5.41, 5.74) is 13.7. The van der Waals surface area contributed by atoms with Gasteiger partial charge in [0.2, 0.25) is 0 Å². The van der Waals surface area contributed by atoms with E-state index in [1.165, 1.54) is 14.2 Å². The minimum absolute atomic E-state index is 0. The van der Waals surface area contributed by atoms with Gasteiger partial charge in [-0.3, -0.25) is 9.59 Å². The van der Waals surface area contributed by atoms with Crippen LogP contribution in [0.2, 0.25) is 0 Å². The molecule has 2 atom stereocenters. The maximum atomic E-state index is 12.2. The van der Waals surface area contributed by atoms with Crippen LogP contribution in [-0.2, 0) is 52.0 Å². The second-order valence-corrected chi connectivity index (χ2v) is 12.3. The monoisotopic (exact) mass is 708 g/mol. The number of hydrogen-bond acceptors (Lipinski definition) is 8. The van der Waals surface area contributed by atoms with Crippen molar-refractivity contribution in [1.82, 2.24) is 19.9 Å². The molecule has 0 radical (unpaired) electrons. The molecule has 0 fully saturated rings. The number of carbonyl (C=O) groups excluding carboxylic acids is 2. The van der Waals surface area contributed by atoms with E-state index in [4.69, 9.17) is 38.9 Å². The fourth-order valence-corrected chi connectivity index (χ4v) is 6.55. The van der Waals surface area contributed by atoms with E-state index in [9.17, 15) is 9.59 Å². The van der Waals surface area contributed by atoms with Crippen LogP contribution in [0.15, 0.2) is 24.3 Å². The molecule has 5 heterocycles. The molecule has 0 spiro atoms. The topological polar surface area (TPSA) is 125 Å². The quantitative estimate of drug-likeness (QED) is 0.163. The van der Waals surface area contributed by atoms with Crippen LogP contribution in [0.5, 0.6) is 0 Å². The summed E-state index contributed by atoms with van der Waals surface area (Å²) in [7, 11) is 6.16. The van der Waals surface area contributed by atoms with Crippen LogP contribution < -0.4 is 9.97 Å². The third kappa shape index (κ3) is 7.45. The van der Waals surface area contributed by atoms with Crippen molar-refractivity contribution in [3.8, 4) is 0 Å². The number of esters is 2. The smallest absolute Gasteiger partial charge is 0.657 e. The zero-order valence-electron chi connectivity index (χ0n) is 29.9. The van der Waals surface area contributed by atoms with Crippen LogP contribution in [0.25, 0.3) is 44.4 Å². The zero-order valence-corrected chi connectivity index (χ0v) is 31.0. The largest absolute Gasteiger partial charge is 2.00 e. The molecule has 49 heavy (non-hydrogen) atoms. The third-order valence-electron chi connectivity index (χ3n) is 9.61. The number of fused-ring (bicyclic) bond motifs is 8. The van der Waals surface area contributed by atoms with Gasteiger partial charge in [-0.05, 0) is 76.7 Å². The first-order valence-electron chi connectivity index (χ1n) is 16.2. The van der Waals surface area contributed by atoms with Crippen molar-refractivity contribution in [2.45, 2.75) is 79.4 Å². The van der Waals surface area contributed by atoms with Gasteiger partial charge >= 0.3 is 29.0 Å². The van der Waals surface area contributed by atoms with Gasteiger partial charge in [-0.1, -0.05) is 41.0 Å². The Hall–Kier alpha value is -4.02. The molecule has 0 aliphatic carbocycles. The Kier molecular flexibility index (Phi) is 12.1. The molecular formula is C38H44FeN4O6. The van der Waals surface area contributed by atoms with E-state index in [1.54, 1.807) is 14.2 Å². The Labute approximate surface area is 298 Å². The predicted molar refractivity (Wildman–Crippen MR) is 187 cm³/mol. The molecule has 260 valence electrons. The van der Waals surface area contributed by atoms with E-state index in [0.29, 0.717) is 24.1 Å². The van der Waals surface area contributed by atoms with Gasteiger partial charge in [-0.2, -0.15) is 0 Å². The fraction of sp³-hybridized carbons (Fsp3) is 0.421. The number of hydrogen-bond donors (Lipinski definition) is 0. The molecule has 8 bridgehead atoms. The Morgan fingerprint density at radius 3 is 1.80 bits per heavy atom. The minimum Gasteiger partial charge on any atom is -0.657 e. The summed E-state index contributed by atoms with van der Waals surface area (Å²) in [6.07, 6.45) is 0.855. The number of nitrogens with zero attached hydrogens (tertiary/aromatic N) is 4. The molecule has 2 unspecified atom stereocenters. The molecule has 11 heteroatoms. The van der Waals surface area contributed by atoms with Gasteiger partial charge in [0.15, 0.2) is 0 Å². The van der Waals surface area contributed by atoms with Gasteiger partial charge in [-0.15, -0.1) is 22.1 Å². The molecule has 0 aromatic carbocycles. The summed E-state index contributed by atoms with van der Waals surface area (Å²) in [4.78, 5) is 44.9. The standard InChI is InChI=1S/C38H44N4O6.Fe/c1-19-25(11-13-35(43)47-9)31-18-32-26(12-14-36(44)48-10)20(2)28(40-32)16-33-38(24(6)46-8)22(4)30(42-33)17-34-37(23(5)45-7)21(3)29(41-34)15-27(19)39-31;/h15-18,23-24H,11-14H2,1-10H3;/q-2;+2. The third-order valence-corrected chi connectivity index (χ3v) is 9.61. The van der Waals surface area contributed by atoms with Crippen LogP contribution in [0.4, 0.5) is 0 Å². The second kappa shape index (κ2) is 15.7. The molecule has 2 aliphatic heterocycles. The van der Waals surface area contributed by atoms with E-state index in [0.717, 1.165) is 78.2 Å². The number of methoxy groups -OCH3 is 4. The number of aromatic nitrogens is 4. The maximum absolute atomic E-state index is 12.2. The molecule has 0 amide bonds. The summed E-state index contributed by atoms with van der Waals surface area (Å²) >= 11 is 0. The van der Waals surface area contributed by atoms with Gasteiger partial charge in [0.1, 0.15) is 0 Å². The Morgan fingerprint density at radius 1 is 0.653 bits per heavy atom. The molecule has 2 aliphatic rings. The van der Waals surface area contributed by atoms with Crippen molar-refractivity contribution < 1.29 is 45.6 Å². The molecule has 3 aromatic rings. The average Bonchev–Trinajstić information content (AvgIpc) is 3.74. The molecule has 0 N–H and O–H groups in total. The number of ether oxygens (including phenoxy) is 4. The summed E-state index contributed by atoms with van der Waals surface area (Å²) in [6, 6.07) is 7.96. The van der Waals surface area contributed by atoms with Crippen LogP contribution in [0.1, 0.15) is 98.1 Å². The van der Waals surface area contributed by atoms with Gasteiger partial charge < -0.3 is 28.9 Å². The van der Waals surface area contributed by atoms with E-state index in [1.807, 2.05) is 58.9 Å². The SMILES string of the molecule is COC(=O)CCC1=C(C)c2cc3[n-]c(cc4nc(cc5[n-]c(cc1n2)c(CCC(=O)OC)c5C)C(C(C)OC)=C4C)c(C(C)OC)c3C.[Fe+2]. The van der Waals surface area contributed by atoms with E-state index < -0.39 is 0 Å². The summed E-state index contributed by atoms with van der Waals surface area (Å²) in [5.74, 6) is -0.597. The number of carbonyl (C=O) groups is 2. The van der Waals surface area contributed by atoms with Crippen molar-refractivity contribution in [1.29, 1.82) is 0 Å². The first kappa shape index (κ1) is 37.8. The summed E-state index contributed by atoms with van der Waals surface area (Å²) in [5, 5.41) is 0. The predicted octanol–water partition coefficient (Wildman–Crippen LogP) is 6.85. The first-order valence-corrected chi connectivity index (χ1v) is 16.2. The molecular weight excluding hydrogens is 664 g/mol. The van der Waals surface area contributed by atoms with Crippen LogP contribution in [0, 0.1) is 13.8 Å². The van der Waals surface area contributed by atoms with E-state index in [-0.39, 0.29) is 54.1 Å². The van der Waals surface area contributed by atoms with E-state index >= 15 is 0 Å². The minimum atomic E-state index is -0.299. The van der Waals surface area contributed by atoms with Gasteiger partial charge in [0.05, 0.1) is 49.2 Å². The van der Waals surface area contributed by atoms with Crippen molar-refractivity contribution in [2.24, 2.45) is 0 Å². The van der Waals surface area contributed by atoms with Crippen molar-refractivity contribution in [3.63, 3.8) is 0 Å². The molecule has 3 aromatic heterocycles. The van der Waals surface area contributed by atoms with Gasteiger partial charge in [0, 0.05) is 32.6 Å². The van der Waals surface area contributed by atoms with Crippen molar-refractivity contribution in [2.75, 3.05) is 28.4 Å². The summed E-state index contributed by atoms with van der Waals surface area (Å²) < 4.78 is 21.6. The fourth-order valence-electron chi connectivity index (χ4n) is 6.55. The van der Waals surface area contributed by atoms with Crippen LogP contribution in [-0.4, -0.2) is 56.4 Å². The normalized spacial score (nSPS) is 14.1. The van der Waals surface area contributed by atoms with Gasteiger partial charge in [0.25, 0.3) is 0 Å². The summed E-state index contributed by atoms with van der Waals surface area (Å²) in [6.45, 7) is 12.1.